The van der Waals surface area contributed by atoms with Crippen molar-refractivity contribution >= 4 is 11.8 Å². The first-order valence-electron chi connectivity index (χ1n) is 10.1. The summed E-state index contributed by atoms with van der Waals surface area (Å²) in [5.41, 5.74) is 0.945. The number of hydrogen-bond donors (Lipinski definition) is 1. The van der Waals surface area contributed by atoms with E-state index in [9.17, 15) is 9.59 Å². The molecule has 156 valence electrons. The van der Waals surface area contributed by atoms with E-state index in [-0.39, 0.29) is 29.7 Å². The van der Waals surface area contributed by atoms with E-state index in [0.29, 0.717) is 25.9 Å². The quantitative estimate of drug-likeness (QED) is 0.811. The third-order valence-electron chi connectivity index (χ3n) is 5.52. The highest BCUT2D eigenvalue weighted by atomic mass is 16.5. The van der Waals surface area contributed by atoms with Crippen molar-refractivity contribution in [2.75, 3.05) is 20.2 Å². The molecule has 1 fully saturated rings. The fourth-order valence-corrected chi connectivity index (χ4v) is 3.74. The van der Waals surface area contributed by atoms with Crippen LogP contribution in [-0.4, -0.2) is 46.5 Å². The normalized spacial score (nSPS) is 16.0. The van der Waals surface area contributed by atoms with Gasteiger partial charge in [0.25, 0.3) is 0 Å². The summed E-state index contributed by atoms with van der Waals surface area (Å²) >= 11 is 0. The number of aryl methyl sites for hydroxylation is 1. The molecular formula is C22H30N4O3. The van der Waals surface area contributed by atoms with Crippen LogP contribution in [0.25, 0.3) is 0 Å². The zero-order valence-corrected chi connectivity index (χ0v) is 17.6. The van der Waals surface area contributed by atoms with Crippen LogP contribution in [0.4, 0.5) is 0 Å². The minimum absolute atomic E-state index is 0.00506. The molecule has 29 heavy (non-hydrogen) atoms. The number of nitrogens with one attached hydrogen (secondary N) is 1. The number of imidazole rings is 1. The molecule has 1 N–H and O–H groups in total. The summed E-state index contributed by atoms with van der Waals surface area (Å²) < 4.78 is 7.16. The molecule has 0 spiro atoms. The molecule has 1 aromatic carbocycles. The van der Waals surface area contributed by atoms with Gasteiger partial charge in [-0.2, -0.15) is 0 Å². The molecular weight excluding hydrogens is 368 g/mol. The summed E-state index contributed by atoms with van der Waals surface area (Å²) in [5.74, 6) is 1.59. The molecule has 1 aliphatic rings. The predicted molar refractivity (Wildman–Crippen MR) is 110 cm³/mol. The van der Waals surface area contributed by atoms with Crippen molar-refractivity contribution in [2.24, 2.45) is 18.9 Å². The van der Waals surface area contributed by atoms with E-state index >= 15 is 0 Å². The van der Waals surface area contributed by atoms with Crippen LogP contribution in [0.15, 0.2) is 36.7 Å². The van der Waals surface area contributed by atoms with Crippen LogP contribution in [0, 0.1) is 11.8 Å². The predicted octanol–water partition coefficient (Wildman–Crippen LogP) is 2.53. The number of carbonyl (C=O) groups is 2. The number of rotatable bonds is 6. The molecule has 2 heterocycles. The van der Waals surface area contributed by atoms with Gasteiger partial charge >= 0.3 is 0 Å². The third kappa shape index (κ3) is 4.78. The lowest BCUT2D eigenvalue weighted by Gasteiger charge is -2.33. The molecule has 2 aromatic rings. The number of likely N-dealkylation sites (tertiary alicyclic amines) is 1. The highest BCUT2D eigenvalue weighted by Gasteiger charge is 2.30. The molecule has 0 bridgehead atoms. The number of piperidine rings is 1. The van der Waals surface area contributed by atoms with E-state index in [1.807, 2.05) is 60.8 Å². The largest absolute Gasteiger partial charge is 0.497 e. The molecule has 0 saturated carbocycles. The van der Waals surface area contributed by atoms with E-state index < -0.39 is 0 Å². The molecule has 1 aliphatic heterocycles. The van der Waals surface area contributed by atoms with E-state index in [1.165, 1.54) is 0 Å². The Morgan fingerprint density at radius 2 is 1.83 bits per heavy atom. The number of amides is 2. The van der Waals surface area contributed by atoms with Crippen molar-refractivity contribution in [2.45, 2.75) is 32.7 Å². The zero-order valence-electron chi connectivity index (χ0n) is 17.6. The van der Waals surface area contributed by atoms with E-state index in [0.717, 1.165) is 17.1 Å². The molecule has 1 saturated heterocycles. The van der Waals surface area contributed by atoms with Gasteiger partial charge in [-0.25, -0.2) is 4.98 Å². The number of benzene rings is 1. The molecule has 7 heteroatoms. The van der Waals surface area contributed by atoms with Crippen molar-refractivity contribution in [3.63, 3.8) is 0 Å². The van der Waals surface area contributed by atoms with Crippen molar-refractivity contribution in [3.05, 3.63) is 48.0 Å². The number of ether oxygens (including phenoxy) is 1. The summed E-state index contributed by atoms with van der Waals surface area (Å²) in [6.07, 6.45) is 4.96. The summed E-state index contributed by atoms with van der Waals surface area (Å²) in [6.45, 7) is 5.08. The third-order valence-corrected chi connectivity index (χ3v) is 5.52. The van der Waals surface area contributed by atoms with E-state index in [1.54, 1.807) is 13.3 Å². The maximum absolute atomic E-state index is 13.0. The molecule has 0 radical (unpaired) electrons. The van der Waals surface area contributed by atoms with Crippen molar-refractivity contribution < 1.29 is 14.3 Å². The van der Waals surface area contributed by atoms with Crippen LogP contribution >= 0.6 is 0 Å². The average Bonchev–Trinajstić information content (AvgIpc) is 3.17. The Balaban J connectivity index is 1.72. The van der Waals surface area contributed by atoms with Gasteiger partial charge in [-0.1, -0.05) is 26.0 Å². The molecule has 0 aliphatic carbocycles. The zero-order chi connectivity index (χ0) is 21.0. The van der Waals surface area contributed by atoms with E-state index in [2.05, 4.69) is 10.3 Å². The summed E-state index contributed by atoms with van der Waals surface area (Å²) in [4.78, 5) is 31.6. The van der Waals surface area contributed by atoms with Gasteiger partial charge in [-0.05, 0) is 30.5 Å². The molecule has 3 rings (SSSR count). The second-order valence-electron chi connectivity index (χ2n) is 7.87. The van der Waals surface area contributed by atoms with Crippen molar-refractivity contribution in [1.29, 1.82) is 0 Å². The SMILES string of the molecule is COc1ccc(C(NC(=O)C2CCN(C(=O)C(C)C)CC2)c2nccn2C)cc1. The topological polar surface area (TPSA) is 76.5 Å². The molecule has 2 amide bonds. The standard InChI is InChI=1S/C22H30N4O3/c1-15(2)22(28)26-12-9-17(10-13-26)21(27)24-19(20-23-11-14-25(20)3)16-5-7-18(29-4)8-6-16/h5-8,11,14-15,17,19H,9-10,12-13H2,1-4H3,(H,24,27). The van der Waals surface area contributed by atoms with Crippen LogP contribution < -0.4 is 10.1 Å². The van der Waals surface area contributed by atoms with Crippen molar-refractivity contribution in [1.82, 2.24) is 19.8 Å². The average molecular weight is 399 g/mol. The lowest BCUT2D eigenvalue weighted by Crippen LogP contribution is -2.45. The Bertz CT molecular complexity index is 836. The Hall–Kier alpha value is -2.83. The van der Waals surface area contributed by atoms with Crippen LogP contribution in [0.2, 0.25) is 0 Å². The highest BCUT2D eigenvalue weighted by Crippen LogP contribution is 2.25. The van der Waals surface area contributed by atoms with E-state index in [4.69, 9.17) is 4.74 Å². The second kappa shape index (κ2) is 9.11. The van der Waals surface area contributed by atoms with Crippen LogP contribution in [0.1, 0.15) is 44.1 Å². The Morgan fingerprint density at radius 1 is 1.17 bits per heavy atom. The first-order chi connectivity index (χ1) is 13.9. The Labute approximate surface area is 172 Å². The van der Waals surface area contributed by atoms with Gasteiger partial charge in [0.15, 0.2) is 0 Å². The smallest absolute Gasteiger partial charge is 0.225 e. The van der Waals surface area contributed by atoms with Gasteiger partial charge < -0.3 is 19.5 Å². The molecule has 1 atom stereocenters. The molecule has 7 nitrogen and oxygen atoms in total. The van der Waals surface area contributed by atoms with Crippen LogP contribution in [0.3, 0.4) is 0 Å². The first kappa shape index (κ1) is 20.9. The van der Waals surface area contributed by atoms with Gasteiger partial charge in [-0.15, -0.1) is 0 Å². The first-order valence-corrected chi connectivity index (χ1v) is 10.1. The number of carbonyl (C=O) groups excluding carboxylic acids is 2. The fourth-order valence-electron chi connectivity index (χ4n) is 3.74. The number of hydrogen-bond acceptors (Lipinski definition) is 4. The maximum atomic E-state index is 13.0. The van der Waals surface area contributed by atoms with Gasteiger partial charge in [0.1, 0.15) is 17.6 Å². The van der Waals surface area contributed by atoms with Crippen LogP contribution in [-0.2, 0) is 16.6 Å². The summed E-state index contributed by atoms with van der Waals surface area (Å²) in [6, 6.07) is 7.31. The Kier molecular flexibility index (Phi) is 6.56. The summed E-state index contributed by atoms with van der Waals surface area (Å²) in [7, 11) is 3.55. The van der Waals surface area contributed by atoms with Crippen molar-refractivity contribution in [3.8, 4) is 5.75 Å². The van der Waals surface area contributed by atoms with Gasteiger partial charge in [0, 0.05) is 44.4 Å². The summed E-state index contributed by atoms with van der Waals surface area (Å²) in [5, 5.41) is 3.18. The Morgan fingerprint density at radius 3 is 2.34 bits per heavy atom. The number of methoxy groups -OCH3 is 1. The fraction of sp³-hybridized carbons (Fsp3) is 0.500. The minimum atomic E-state index is -0.344. The maximum Gasteiger partial charge on any atom is 0.225 e. The van der Waals surface area contributed by atoms with Gasteiger partial charge in [0.05, 0.1) is 7.11 Å². The highest BCUT2D eigenvalue weighted by molar-refractivity contribution is 5.81. The lowest BCUT2D eigenvalue weighted by atomic mass is 9.94. The number of nitrogens with zero attached hydrogens (tertiary/aromatic N) is 3. The minimum Gasteiger partial charge on any atom is -0.497 e. The second-order valence-corrected chi connectivity index (χ2v) is 7.87. The molecule has 1 unspecified atom stereocenters. The van der Waals surface area contributed by atoms with Crippen LogP contribution in [0.5, 0.6) is 5.75 Å². The number of aromatic nitrogens is 2. The monoisotopic (exact) mass is 398 g/mol. The lowest BCUT2D eigenvalue weighted by molar-refractivity contribution is -0.138. The van der Waals surface area contributed by atoms with Gasteiger partial charge in [-0.3, -0.25) is 9.59 Å². The van der Waals surface area contributed by atoms with Gasteiger partial charge in [0.2, 0.25) is 11.8 Å². The molecule has 1 aromatic heterocycles.